The van der Waals surface area contributed by atoms with Crippen LogP contribution in [0.5, 0.6) is 0 Å². The fourth-order valence-corrected chi connectivity index (χ4v) is 3.81. The van der Waals surface area contributed by atoms with Gasteiger partial charge in [-0.05, 0) is 38.8 Å². The fourth-order valence-electron chi connectivity index (χ4n) is 3.81. The van der Waals surface area contributed by atoms with E-state index in [4.69, 9.17) is 0 Å². The summed E-state index contributed by atoms with van der Waals surface area (Å²) in [6, 6.07) is 0.676. The highest BCUT2D eigenvalue weighted by Crippen LogP contribution is 2.33. The standard InChI is InChI=1S/C15H31N3O/c1-3-7-17-8-10-18(11-9-17)14-5-6-15(12-14,13-19)16-4-2/h14,16,19H,3-13H2,1-2H3. The van der Waals surface area contributed by atoms with Crippen LogP contribution in [0.25, 0.3) is 0 Å². The Morgan fingerprint density at radius 2 is 1.95 bits per heavy atom. The number of hydrogen-bond acceptors (Lipinski definition) is 4. The van der Waals surface area contributed by atoms with Gasteiger partial charge in [0.2, 0.25) is 0 Å². The number of likely N-dealkylation sites (N-methyl/N-ethyl adjacent to an activating group) is 1. The molecule has 1 saturated carbocycles. The highest BCUT2D eigenvalue weighted by atomic mass is 16.3. The van der Waals surface area contributed by atoms with E-state index in [2.05, 4.69) is 29.0 Å². The lowest BCUT2D eigenvalue weighted by Gasteiger charge is -2.38. The van der Waals surface area contributed by atoms with Gasteiger partial charge in [-0.25, -0.2) is 0 Å². The average Bonchev–Trinajstić information content (AvgIpc) is 2.85. The summed E-state index contributed by atoms with van der Waals surface area (Å²) in [6.07, 6.45) is 4.74. The summed E-state index contributed by atoms with van der Waals surface area (Å²) in [5.41, 5.74) is -0.0000303. The second-order valence-corrected chi connectivity index (χ2v) is 6.24. The Bertz CT molecular complexity index is 266. The van der Waals surface area contributed by atoms with E-state index in [1.54, 1.807) is 0 Å². The van der Waals surface area contributed by atoms with Crippen LogP contribution >= 0.6 is 0 Å². The van der Waals surface area contributed by atoms with Crippen LogP contribution in [0.15, 0.2) is 0 Å². The number of nitrogens with one attached hydrogen (secondary N) is 1. The topological polar surface area (TPSA) is 38.7 Å². The minimum absolute atomic E-state index is 0.0000303. The first kappa shape index (κ1) is 15.2. The van der Waals surface area contributed by atoms with Crippen molar-refractivity contribution in [3.8, 4) is 0 Å². The van der Waals surface area contributed by atoms with Gasteiger partial charge in [0.05, 0.1) is 6.61 Å². The molecule has 0 aromatic heterocycles. The van der Waals surface area contributed by atoms with Crippen molar-refractivity contribution in [2.75, 3.05) is 45.9 Å². The van der Waals surface area contributed by atoms with Gasteiger partial charge in [-0.1, -0.05) is 13.8 Å². The van der Waals surface area contributed by atoms with Crippen LogP contribution in [-0.2, 0) is 0 Å². The number of hydrogen-bond donors (Lipinski definition) is 2. The van der Waals surface area contributed by atoms with E-state index >= 15 is 0 Å². The molecular formula is C15H31N3O. The van der Waals surface area contributed by atoms with Crippen LogP contribution in [0.3, 0.4) is 0 Å². The highest BCUT2D eigenvalue weighted by molar-refractivity contribution is 4.99. The van der Waals surface area contributed by atoms with E-state index in [1.807, 2.05) is 0 Å². The van der Waals surface area contributed by atoms with E-state index in [0.29, 0.717) is 6.04 Å². The molecule has 2 atom stereocenters. The summed E-state index contributed by atoms with van der Waals surface area (Å²) in [7, 11) is 0. The van der Waals surface area contributed by atoms with E-state index < -0.39 is 0 Å². The number of piperazine rings is 1. The highest BCUT2D eigenvalue weighted by Gasteiger charge is 2.40. The molecule has 2 aliphatic rings. The van der Waals surface area contributed by atoms with Gasteiger partial charge in [0.15, 0.2) is 0 Å². The van der Waals surface area contributed by atoms with Crippen molar-refractivity contribution in [1.82, 2.24) is 15.1 Å². The number of nitrogens with zero attached hydrogens (tertiary/aromatic N) is 2. The van der Waals surface area contributed by atoms with E-state index in [9.17, 15) is 5.11 Å². The zero-order valence-corrected chi connectivity index (χ0v) is 12.7. The Morgan fingerprint density at radius 1 is 1.21 bits per heavy atom. The van der Waals surface area contributed by atoms with E-state index in [0.717, 1.165) is 19.4 Å². The Balaban J connectivity index is 1.81. The Kier molecular flexibility index (Phi) is 5.63. The molecule has 0 amide bonds. The maximum Gasteiger partial charge on any atom is 0.0613 e. The summed E-state index contributed by atoms with van der Waals surface area (Å²) in [6.45, 7) is 11.7. The molecule has 1 heterocycles. The third kappa shape index (κ3) is 3.69. The zero-order valence-electron chi connectivity index (χ0n) is 12.7. The van der Waals surface area contributed by atoms with Crippen molar-refractivity contribution in [2.24, 2.45) is 0 Å². The van der Waals surface area contributed by atoms with Gasteiger partial charge >= 0.3 is 0 Å². The van der Waals surface area contributed by atoms with Crippen LogP contribution in [0, 0.1) is 0 Å². The van der Waals surface area contributed by atoms with Crippen LogP contribution in [0.2, 0.25) is 0 Å². The third-order valence-corrected chi connectivity index (χ3v) is 4.90. The first-order valence-electron chi connectivity index (χ1n) is 8.05. The molecule has 0 spiro atoms. The lowest BCUT2D eigenvalue weighted by Crippen LogP contribution is -2.52. The SMILES string of the molecule is CCCN1CCN(C2CCC(CO)(NCC)C2)CC1. The maximum absolute atomic E-state index is 9.69. The molecule has 2 unspecified atom stereocenters. The molecule has 4 heteroatoms. The average molecular weight is 269 g/mol. The van der Waals surface area contributed by atoms with Gasteiger partial charge in [0.1, 0.15) is 0 Å². The van der Waals surface area contributed by atoms with Gasteiger partial charge < -0.3 is 15.3 Å². The van der Waals surface area contributed by atoms with Crippen LogP contribution in [0.1, 0.15) is 39.5 Å². The Morgan fingerprint density at radius 3 is 2.53 bits per heavy atom. The molecule has 19 heavy (non-hydrogen) atoms. The molecular weight excluding hydrogens is 238 g/mol. The number of rotatable bonds is 6. The predicted molar refractivity (Wildman–Crippen MR) is 79.4 cm³/mol. The van der Waals surface area contributed by atoms with Gasteiger partial charge in [-0.2, -0.15) is 0 Å². The monoisotopic (exact) mass is 269 g/mol. The second-order valence-electron chi connectivity index (χ2n) is 6.24. The number of aliphatic hydroxyl groups excluding tert-OH is 1. The van der Waals surface area contributed by atoms with Crippen LogP contribution in [0.4, 0.5) is 0 Å². The second kappa shape index (κ2) is 7.02. The summed E-state index contributed by atoms with van der Waals surface area (Å²) in [5.74, 6) is 0. The smallest absolute Gasteiger partial charge is 0.0613 e. The van der Waals surface area contributed by atoms with Crippen LogP contribution < -0.4 is 5.32 Å². The first-order valence-corrected chi connectivity index (χ1v) is 8.05. The molecule has 112 valence electrons. The van der Waals surface area contributed by atoms with Crippen molar-refractivity contribution in [2.45, 2.75) is 51.1 Å². The predicted octanol–water partition coefficient (Wildman–Crippen LogP) is 0.907. The third-order valence-electron chi connectivity index (χ3n) is 4.90. The van der Waals surface area contributed by atoms with E-state index in [1.165, 1.54) is 45.6 Å². The van der Waals surface area contributed by atoms with Crippen LogP contribution in [-0.4, -0.2) is 72.4 Å². The normalized spacial score (nSPS) is 33.9. The van der Waals surface area contributed by atoms with Crippen molar-refractivity contribution >= 4 is 0 Å². The van der Waals surface area contributed by atoms with Crippen molar-refractivity contribution in [1.29, 1.82) is 0 Å². The molecule has 1 aliphatic heterocycles. The molecule has 2 fully saturated rings. The molecule has 0 aromatic rings. The van der Waals surface area contributed by atoms with Gasteiger partial charge in [0, 0.05) is 37.8 Å². The molecule has 0 aromatic carbocycles. The largest absolute Gasteiger partial charge is 0.394 e. The van der Waals surface area contributed by atoms with Crippen molar-refractivity contribution < 1.29 is 5.11 Å². The molecule has 2 rings (SSSR count). The minimum atomic E-state index is -0.0000303. The lowest BCUT2D eigenvalue weighted by atomic mass is 9.98. The lowest BCUT2D eigenvalue weighted by molar-refractivity contribution is 0.0885. The summed E-state index contributed by atoms with van der Waals surface area (Å²) in [5, 5.41) is 13.2. The Labute approximate surface area is 118 Å². The molecule has 4 nitrogen and oxygen atoms in total. The zero-order chi connectivity index (χ0) is 13.7. The summed E-state index contributed by atoms with van der Waals surface area (Å²) >= 11 is 0. The Hall–Kier alpha value is -0.160. The molecule has 1 aliphatic carbocycles. The summed E-state index contributed by atoms with van der Waals surface area (Å²) < 4.78 is 0. The van der Waals surface area contributed by atoms with Gasteiger partial charge in [-0.3, -0.25) is 4.90 Å². The summed E-state index contributed by atoms with van der Waals surface area (Å²) in [4.78, 5) is 5.23. The maximum atomic E-state index is 9.69. The quantitative estimate of drug-likeness (QED) is 0.752. The molecule has 2 N–H and O–H groups in total. The van der Waals surface area contributed by atoms with Gasteiger partial charge in [0.25, 0.3) is 0 Å². The van der Waals surface area contributed by atoms with E-state index in [-0.39, 0.29) is 12.1 Å². The van der Waals surface area contributed by atoms with Crippen molar-refractivity contribution in [3.05, 3.63) is 0 Å². The molecule has 1 saturated heterocycles. The molecule has 0 radical (unpaired) electrons. The van der Waals surface area contributed by atoms with Crippen molar-refractivity contribution in [3.63, 3.8) is 0 Å². The first-order chi connectivity index (χ1) is 9.23. The minimum Gasteiger partial charge on any atom is -0.394 e. The molecule has 0 bridgehead atoms. The number of aliphatic hydroxyl groups is 1. The van der Waals surface area contributed by atoms with Gasteiger partial charge in [-0.15, -0.1) is 0 Å². The fraction of sp³-hybridized carbons (Fsp3) is 1.00.